The summed E-state index contributed by atoms with van der Waals surface area (Å²) in [5, 5.41) is 0.581. The van der Waals surface area contributed by atoms with E-state index < -0.39 is 0 Å². The Labute approximate surface area is 122 Å². The van der Waals surface area contributed by atoms with Crippen LogP contribution in [0.5, 0.6) is 0 Å². The summed E-state index contributed by atoms with van der Waals surface area (Å²) in [6.45, 7) is 4.01. The van der Waals surface area contributed by atoms with Gasteiger partial charge in [-0.3, -0.25) is 4.99 Å². The Morgan fingerprint density at radius 2 is 2.20 bits per heavy atom. The Bertz CT molecular complexity index is 526. The number of thioether (sulfide) groups is 1. The number of aliphatic imine (C=N–C) groups is 1. The molecule has 0 fully saturated rings. The molecule has 20 heavy (non-hydrogen) atoms. The third kappa shape index (κ3) is 4.81. The van der Waals surface area contributed by atoms with Gasteiger partial charge in [0.25, 0.3) is 0 Å². The van der Waals surface area contributed by atoms with Gasteiger partial charge in [-0.05, 0) is 25.5 Å². The van der Waals surface area contributed by atoms with Crippen molar-refractivity contribution in [2.45, 2.75) is 20.3 Å². The second-order valence-corrected chi connectivity index (χ2v) is 4.87. The molecule has 0 amide bonds. The van der Waals surface area contributed by atoms with E-state index in [1.54, 1.807) is 32.2 Å². The minimum Gasteiger partial charge on any atom is -0.462 e. The van der Waals surface area contributed by atoms with E-state index in [1.807, 2.05) is 6.92 Å². The van der Waals surface area contributed by atoms with Crippen molar-refractivity contribution in [2.75, 3.05) is 13.7 Å². The van der Waals surface area contributed by atoms with E-state index in [-0.39, 0.29) is 11.8 Å². The zero-order valence-electron chi connectivity index (χ0n) is 11.9. The smallest absolute Gasteiger partial charge is 0.344 e. The number of ether oxygens (including phenoxy) is 1. The molecular formula is C15H18FNO2S. The molecule has 5 heteroatoms. The molecule has 0 aromatic heterocycles. The van der Waals surface area contributed by atoms with Crippen molar-refractivity contribution in [1.82, 2.24) is 0 Å². The Morgan fingerprint density at radius 3 is 2.75 bits per heavy atom. The highest BCUT2D eigenvalue weighted by Gasteiger charge is 2.15. The van der Waals surface area contributed by atoms with E-state index in [2.05, 4.69) is 4.99 Å². The molecule has 1 rings (SSSR count). The number of carbonyl (C=O) groups is 1. The van der Waals surface area contributed by atoms with Crippen LogP contribution in [0.1, 0.15) is 25.8 Å². The topological polar surface area (TPSA) is 38.7 Å². The number of nitrogens with zero attached hydrogens (tertiary/aromatic N) is 1. The lowest BCUT2D eigenvalue weighted by Gasteiger charge is -2.09. The SMILES string of the molecule is CC/C=C(/SC(=NC)c1cccc(F)c1)C(=O)OCC. The molecule has 0 radical (unpaired) electrons. The summed E-state index contributed by atoms with van der Waals surface area (Å²) in [5.74, 6) is -0.710. The molecule has 108 valence electrons. The molecule has 0 heterocycles. The number of esters is 1. The van der Waals surface area contributed by atoms with Gasteiger partial charge in [0.2, 0.25) is 0 Å². The molecule has 0 bridgehead atoms. The fraction of sp³-hybridized carbons (Fsp3) is 0.333. The van der Waals surface area contributed by atoms with Crippen molar-refractivity contribution >= 4 is 22.8 Å². The highest BCUT2D eigenvalue weighted by atomic mass is 32.2. The minimum atomic E-state index is -0.378. The van der Waals surface area contributed by atoms with E-state index in [9.17, 15) is 9.18 Å². The Balaban J connectivity index is 2.96. The molecular weight excluding hydrogens is 277 g/mol. The highest BCUT2D eigenvalue weighted by molar-refractivity contribution is 8.18. The van der Waals surface area contributed by atoms with Crippen molar-refractivity contribution in [3.8, 4) is 0 Å². The quantitative estimate of drug-likeness (QED) is 0.359. The van der Waals surface area contributed by atoms with Crippen molar-refractivity contribution in [1.29, 1.82) is 0 Å². The van der Waals surface area contributed by atoms with Crippen LogP contribution in [0.3, 0.4) is 0 Å². The number of hydrogen-bond acceptors (Lipinski definition) is 4. The molecule has 0 atom stereocenters. The average Bonchev–Trinajstić information content (AvgIpc) is 2.43. The van der Waals surface area contributed by atoms with E-state index in [4.69, 9.17) is 4.74 Å². The average molecular weight is 295 g/mol. The lowest BCUT2D eigenvalue weighted by atomic mass is 10.2. The molecule has 0 N–H and O–H groups in total. The standard InChI is InChI=1S/C15H18FNO2S/c1-4-7-13(15(18)19-5-2)20-14(17-3)11-8-6-9-12(16)10-11/h6-10H,4-5H2,1-3H3/b13-7+,17-14?. The fourth-order valence-corrected chi connectivity index (χ4v) is 2.45. The summed E-state index contributed by atoms with van der Waals surface area (Å²) in [7, 11) is 1.61. The number of hydrogen-bond donors (Lipinski definition) is 0. The molecule has 1 aromatic rings. The van der Waals surface area contributed by atoms with Crippen LogP contribution in [0.25, 0.3) is 0 Å². The molecule has 0 aliphatic heterocycles. The first-order chi connectivity index (χ1) is 9.62. The van der Waals surface area contributed by atoms with Crippen molar-refractivity contribution < 1.29 is 13.9 Å². The predicted molar refractivity (Wildman–Crippen MR) is 81.5 cm³/mol. The first kappa shape index (κ1) is 16.4. The number of rotatable bonds is 5. The van der Waals surface area contributed by atoms with Gasteiger partial charge in [0.1, 0.15) is 10.9 Å². The molecule has 0 aliphatic carbocycles. The lowest BCUT2D eigenvalue weighted by molar-refractivity contribution is -0.137. The fourth-order valence-electron chi connectivity index (χ4n) is 1.51. The number of halogens is 1. The van der Waals surface area contributed by atoms with Crippen LogP contribution < -0.4 is 0 Å². The summed E-state index contributed by atoms with van der Waals surface area (Å²) in [6.07, 6.45) is 2.49. The van der Waals surface area contributed by atoms with Gasteiger partial charge in [0.05, 0.1) is 11.5 Å². The first-order valence-corrected chi connectivity index (χ1v) is 7.21. The number of benzene rings is 1. The number of carbonyl (C=O) groups excluding carboxylic acids is 1. The Hall–Kier alpha value is -1.62. The van der Waals surface area contributed by atoms with Crippen LogP contribution in [0.2, 0.25) is 0 Å². The van der Waals surface area contributed by atoms with Crippen molar-refractivity contribution in [3.05, 3.63) is 46.6 Å². The largest absolute Gasteiger partial charge is 0.462 e. The maximum Gasteiger partial charge on any atom is 0.344 e. The van der Waals surface area contributed by atoms with Gasteiger partial charge in [0, 0.05) is 12.6 Å². The van der Waals surface area contributed by atoms with Crippen LogP contribution >= 0.6 is 11.8 Å². The van der Waals surface area contributed by atoms with Crippen LogP contribution in [0.4, 0.5) is 4.39 Å². The van der Waals surface area contributed by atoms with Gasteiger partial charge in [-0.1, -0.05) is 36.9 Å². The first-order valence-electron chi connectivity index (χ1n) is 6.40. The van der Waals surface area contributed by atoms with E-state index in [0.717, 1.165) is 0 Å². The third-order valence-electron chi connectivity index (χ3n) is 2.35. The summed E-state index contributed by atoms with van der Waals surface area (Å²) in [6, 6.07) is 6.14. The minimum absolute atomic E-state index is 0.318. The molecule has 3 nitrogen and oxygen atoms in total. The second-order valence-electron chi connectivity index (χ2n) is 3.84. The van der Waals surface area contributed by atoms with E-state index >= 15 is 0 Å². The third-order valence-corrected chi connectivity index (χ3v) is 3.51. The Morgan fingerprint density at radius 1 is 1.45 bits per heavy atom. The maximum absolute atomic E-state index is 13.3. The number of allylic oxidation sites excluding steroid dienone is 1. The van der Waals surface area contributed by atoms with Crippen molar-refractivity contribution in [3.63, 3.8) is 0 Å². The normalized spacial score (nSPS) is 12.4. The van der Waals surface area contributed by atoms with E-state index in [1.165, 1.54) is 23.9 Å². The summed E-state index contributed by atoms with van der Waals surface area (Å²) < 4.78 is 18.3. The van der Waals surface area contributed by atoms with Gasteiger partial charge in [0.15, 0.2) is 0 Å². The summed E-state index contributed by atoms with van der Waals surface area (Å²) in [4.78, 5) is 16.4. The summed E-state index contributed by atoms with van der Waals surface area (Å²) in [5.41, 5.74) is 0.642. The van der Waals surface area contributed by atoms with E-state index in [0.29, 0.717) is 28.5 Å². The molecule has 0 unspecified atom stereocenters. The summed E-state index contributed by atoms with van der Waals surface area (Å²) >= 11 is 1.19. The molecule has 0 spiro atoms. The molecule has 0 aliphatic rings. The zero-order chi connectivity index (χ0) is 15.0. The highest BCUT2D eigenvalue weighted by Crippen LogP contribution is 2.24. The van der Waals surface area contributed by atoms with Gasteiger partial charge in [-0.15, -0.1) is 0 Å². The van der Waals surface area contributed by atoms with Crippen LogP contribution in [0.15, 0.2) is 40.2 Å². The van der Waals surface area contributed by atoms with Crippen molar-refractivity contribution in [2.24, 2.45) is 4.99 Å². The second kappa shape index (κ2) is 8.53. The van der Waals surface area contributed by atoms with Crippen LogP contribution in [-0.2, 0) is 9.53 Å². The lowest BCUT2D eigenvalue weighted by Crippen LogP contribution is -2.08. The molecule has 0 saturated carbocycles. The zero-order valence-corrected chi connectivity index (χ0v) is 12.7. The predicted octanol–water partition coefficient (Wildman–Crippen LogP) is 3.79. The van der Waals surface area contributed by atoms with Gasteiger partial charge >= 0.3 is 5.97 Å². The van der Waals surface area contributed by atoms with Gasteiger partial charge in [-0.2, -0.15) is 0 Å². The van der Waals surface area contributed by atoms with Crippen LogP contribution in [0, 0.1) is 5.82 Å². The Kier molecular flexibility index (Phi) is 7.01. The maximum atomic E-state index is 13.3. The monoisotopic (exact) mass is 295 g/mol. The van der Waals surface area contributed by atoms with Gasteiger partial charge < -0.3 is 4.74 Å². The molecule has 0 saturated heterocycles. The molecule has 1 aromatic carbocycles. The van der Waals surface area contributed by atoms with Crippen LogP contribution in [-0.4, -0.2) is 24.7 Å². The van der Waals surface area contributed by atoms with Gasteiger partial charge in [-0.25, -0.2) is 9.18 Å².